The van der Waals surface area contributed by atoms with Gasteiger partial charge in [-0.1, -0.05) is 22.0 Å². The Morgan fingerprint density at radius 1 is 0.889 bits per heavy atom. The number of halogens is 1. The fourth-order valence-electron chi connectivity index (χ4n) is 2.76. The number of nitrogens with zero attached hydrogens (tertiary/aromatic N) is 3. The molecule has 27 heavy (non-hydrogen) atoms. The van der Waals surface area contributed by atoms with E-state index in [2.05, 4.69) is 57.4 Å². The van der Waals surface area contributed by atoms with Crippen molar-refractivity contribution in [3.05, 3.63) is 81.8 Å². The Labute approximate surface area is 165 Å². The average Bonchev–Trinajstić information content (AvgIpc) is 3.08. The van der Waals surface area contributed by atoms with Crippen LogP contribution in [0.1, 0.15) is 21.5 Å². The van der Waals surface area contributed by atoms with Crippen LogP contribution in [0.4, 0.5) is 5.69 Å². The van der Waals surface area contributed by atoms with Crippen LogP contribution in [0, 0.1) is 13.8 Å². The van der Waals surface area contributed by atoms with Crippen molar-refractivity contribution in [2.24, 2.45) is 0 Å². The SMILES string of the molecule is Cc1ccc(-n2nc3ccc(NC(=O)c4ccc(Br)cc4)cc3n2)cc1C. The number of aryl methyl sites for hydroxylation is 2. The number of carbonyl (C=O) groups is 1. The number of carbonyl (C=O) groups excluding carboxylic acids is 1. The monoisotopic (exact) mass is 420 g/mol. The number of nitrogens with one attached hydrogen (secondary N) is 1. The molecule has 0 aliphatic carbocycles. The first-order valence-electron chi connectivity index (χ1n) is 8.51. The van der Waals surface area contributed by atoms with Crippen LogP contribution < -0.4 is 5.32 Å². The molecule has 134 valence electrons. The molecule has 1 amide bonds. The number of anilines is 1. The van der Waals surface area contributed by atoms with Crippen LogP contribution in [0.15, 0.2) is 65.1 Å². The largest absolute Gasteiger partial charge is 0.322 e. The molecule has 1 N–H and O–H groups in total. The Hall–Kier alpha value is -2.99. The second-order valence-corrected chi connectivity index (χ2v) is 7.34. The molecule has 5 nitrogen and oxygen atoms in total. The highest BCUT2D eigenvalue weighted by Crippen LogP contribution is 2.20. The summed E-state index contributed by atoms with van der Waals surface area (Å²) in [6.07, 6.45) is 0. The number of amides is 1. The Morgan fingerprint density at radius 3 is 2.37 bits per heavy atom. The summed E-state index contributed by atoms with van der Waals surface area (Å²) in [7, 11) is 0. The third-order valence-corrected chi connectivity index (χ3v) is 4.99. The lowest BCUT2D eigenvalue weighted by Crippen LogP contribution is -2.11. The Balaban J connectivity index is 1.61. The smallest absolute Gasteiger partial charge is 0.255 e. The number of hydrogen-bond acceptors (Lipinski definition) is 3. The van der Waals surface area contributed by atoms with E-state index in [1.54, 1.807) is 16.9 Å². The van der Waals surface area contributed by atoms with Crippen LogP contribution in [-0.4, -0.2) is 20.9 Å². The summed E-state index contributed by atoms with van der Waals surface area (Å²) < 4.78 is 0.934. The molecular formula is C21H17BrN4O. The lowest BCUT2D eigenvalue weighted by molar-refractivity contribution is 0.102. The summed E-state index contributed by atoms with van der Waals surface area (Å²) in [6, 6.07) is 18.9. The molecule has 1 aromatic heterocycles. The van der Waals surface area contributed by atoms with Gasteiger partial charge < -0.3 is 5.32 Å². The zero-order chi connectivity index (χ0) is 19.0. The van der Waals surface area contributed by atoms with E-state index in [1.807, 2.05) is 36.4 Å². The van der Waals surface area contributed by atoms with E-state index >= 15 is 0 Å². The predicted molar refractivity (Wildman–Crippen MR) is 110 cm³/mol. The summed E-state index contributed by atoms with van der Waals surface area (Å²) in [4.78, 5) is 14.0. The van der Waals surface area contributed by atoms with Gasteiger partial charge in [0.15, 0.2) is 0 Å². The van der Waals surface area contributed by atoms with Crippen molar-refractivity contribution in [3.8, 4) is 5.69 Å². The molecule has 0 fully saturated rings. The topological polar surface area (TPSA) is 59.8 Å². The number of benzene rings is 3. The van der Waals surface area contributed by atoms with Gasteiger partial charge in [0, 0.05) is 15.7 Å². The molecular weight excluding hydrogens is 404 g/mol. The van der Waals surface area contributed by atoms with E-state index in [0.717, 1.165) is 21.2 Å². The van der Waals surface area contributed by atoms with Gasteiger partial charge in [-0.2, -0.15) is 4.80 Å². The number of hydrogen-bond donors (Lipinski definition) is 1. The minimum Gasteiger partial charge on any atom is -0.322 e. The van der Waals surface area contributed by atoms with Gasteiger partial charge in [-0.15, -0.1) is 10.2 Å². The van der Waals surface area contributed by atoms with Gasteiger partial charge >= 0.3 is 0 Å². The second-order valence-electron chi connectivity index (χ2n) is 6.42. The predicted octanol–water partition coefficient (Wildman–Crippen LogP) is 5.05. The molecule has 3 aromatic carbocycles. The van der Waals surface area contributed by atoms with Gasteiger partial charge in [-0.05, 0) is 79.6 Å². The Bertz CT molecular complexity index is 1150. The van der Waals surface area contributed by atoms with Crippen molar-refractivity contribution in [1.82, 2.24) is 15.0 Å². The fourth-order valence-corrected chi connectivity index (χ4v) is 3.03. The van der Waals surface area contributed by atoms with Crippen LogP contribution >= 0.6 is 15.9 Å². The molecule has 0 radical (unpaired) electrons. The molecule has 0 saturated heterocycles. The van der Waals surface area contributed by atoms with Gasteiger partial charge in [0.2, 0.25) is 0 Å². The molecule has 0 bridgehead atoms. The summed E-state index contributed by atoms with van der Waals surface area (Å²) >= 11 is 3.37. The highest BCUT2D eigenvalue weighted by molar-refractivity contribution is 9.10. The number of aromatic nitrogens is 3. The maximum Gasteiger partial charge on any atom is 0.255 e. The maximum absolute atomic E-state index is 12.4. The van der Waals surface area contributed by atoms with Crippen LogP contribution in [0.3, 0.4) is 0 Å². The lowest BCUT2D eigenvalue weighted by Gasteiger charge is -2.05. The number of rotatable bonds is 3. The first-order valence-corrected chi connectivity index (χ1v) is 9.30. The van der Waals surface area contributed by atoms with Gasteiger partial charge in [-0.3, -0.25) is 4.79 Å². The summed E-state index contributed by atoms with van der Waals surface area (Å²) in [6.45, 7) is 4.14. The third-order valence-electron chi connectivity index (χ3n) is 4.47. The highest BCUT2D eigenvalue weighted by Gasteiger charge is 2.09. The van der Waals surface area contributed by atoms with E-state index < -0.39 is 0 Å². The molecule has 6 heteroatoms. The van der Waals surface area contributed by atoms with Crippen molar-refractivity contribution in [2.75, 3.05) is 5.32 Å². The Kier molecular flexibility index (Phi) is 4.49. The normalized spacial score (nSPS) is 10.9. The first-order chi connectivity index (χ1) is 13.0. The standard InChI is InChI=1S/C21H17BrN4O/c1-13-3-9-18(11-14(13)2)26-24-19-10-8-17(12-20(19)25-26)23-21(27)15-4-6-16(22)7-5-15/h3-12H,1-2H3,(H,23,27). The van der Waals surface area contributed by atoms with Crippen LogP contribution in [-0.2, 0) is 0 Å². The van der Waals surface area contributed by atoms with Gasteiger partial charge in [0.25, 0.3) is 5.91 Å². The van der Waals surface area contributed by atoms with Gasteiger partial charge in [0.05, 0.1) is 5.69 Å². The molecule has 1 heterocycles. The van der Waals surface area contributed by atoms with E-state index in [0.29, 0.717) is 11.3 Å². The zero-order valence-electron chi connectivity index (χ0n) is 14.9. The van der Waals surface area contributed by atoms with E-state index in [4.69, 9.17) is 0 Å². The number of fused-ring (bicyclic) bond motifs is 1. The third kappa shape index (κ3) is 3.61. The molecule has 0 aliphatic rings. The van der Waals surface area contributed by atoms with E-state index in [1.165, 1.54) is 11.1 Å². The minimum atomic E-state index is -0.164. The van der Waals surface area contributed by atoms with E-state index in [9.17, 15) is 4.79 Å². The highest BCUT2D eigenvalue weighted by atomic mass is 79.9. The Morgan fingerprint density at radius 2 is 1.63 bits per heavy atom. The molecule has 4 rings (SSSR count). The second kappa shape index (κ2) is 6.96. The zero-order valence-corrected chi connectivity index (χ0v) is 16.5. The van der Waals surface area contributed by atoms with E-state index in [-0.39, 0.29) is 5.91 Å². The van der Waals surface area contributed by atoms with Crippen molar-refractivity contribution in [3.63, 3.8) is 0 Å². The first kappa shape index (κ1) is 17.4. The quantitative estimate of drug-likeness (QED) is 0.504. The molecule has 0 aliphatic heterocycles. The van der Waals surface area contributed by atoms with Crippen LogP contribution in [0.25, 0.3) is 16.7 Å². The van der Waals surface area contributed by atoms with Crippen LogP contribution in [0.5, 0.6) is 0 Å². The molecule has 0 unspecified atom stereocenters. The summed E-state index contributed by atoms with van der Waals surface area (Å²) in [5, 5.41) is 12.0. The molecule has 4 aromatic rings. The van der Waals surface area contributed by atoms with Crippen molar-refractivity contribution in [1.29, 1.82) is 0 Å². The van der Waals surface area contributed by atoms with Crippen molar-refractivity contribution in [2.45, 2.75) is 13.8 Å². The van der Waals surface area contributed by atoms with Crippen LogP contribution in [0.2, 0.25) is 0 Å². The molecule has 0 spiro atoms. The maximum atomic E-state index is 12.4. The van der Waals surface area contributed by atoms with Gasteiger partial charge in [0.1, 0.15) is 11.0 Å². The molecule has 0 atom stereocenters. The van der Waals surface area contributed by atoms with Crippen molar-refractivity contribution >= 4 is 38.6 Å². The van der Waals surface area contributed by atoms with Gasteiger partial charge in [-0.25, -0.2) is 0 Å². The minimum absolute atomic E-state index is 0.164. The molecule has 0 saturated carbocycles. The summed E-state index contributed by atoms with van der Waals surface area (Å²) in [5.41, 5.74) is 6.11. The van der Waals surface area contributed by atoms with Crippen molar-refractivity contribution < 1.29 is 4.79 Å². The fraction of sp³-hybridized carbons (Fsp3) is 0.0952. The average molecular weight is 421 g/mol. The lowest BCUT2D eigenvalue weighted by atomic mass is 10.1. The summed E-state index contributed by atoms with van der Waals surface area (Å²) in [5.74, 6) is -0.164.